The second kappa shape index (κ2) is 10.2. The first-order valence-corrected chi connectivity index (χ1v) is 11.7. The van der Waals surface area contributed by atoms with Gasteiger partial charge >= 0.3 is 0 Å². The largest absolute Gasteiger partial charge is 0.457 e. The molecule has 34 heavy (non-hydrogen) atoms. The standard InChI is InChI=1S/C27H32FN5O/c1-5-32(6-2)15-21-9-7-8-20(14-28)25(21)34-22-12-10-19(11-13-22)23-16-33(18(3)4)27-24(23)26(29)30-17-31-27/h7-13,16-18H,5-6,14-15H2,1-4H3,(H2,29,30,31). The molecule has 178 valence electrons. The molecule has 0 aliphatic carbocycles. The summed E-state index contributed by atoms with van der Waals surface area (Å²) in [6.45, 7) is 10.4. The van der Waals surface area contributed by atoms with Gasteiger partial charge in [-0.25, -0.2) is 14.4 Å². The van der Waals surface area contributed by atoms with Crippen molar-refractivity contribution in [1.29, 1.82) is 0 Å². The van der Waals surface area contributed by atoms with Crippen LogP contribution in [0.2, 0.25) is 0 Å². The van der Waals surface area contributed by atoms with Crippen LogP contribution in [0, 0.1) is 0 Å². The summed E-state index contributed by atoms with van der Waals surface area (Å²) in [6.07, 6.45) is 3.56. The minimum absolute atomic E-state index is 0.231. The Morgan fingerprint density at radius 3 is 2.38 bits per heavy atom. The summed E-state index contributed by atoms with van der Waals surface area (Å²) in [7, 11) is 0. The van der Waals surface area contributed by atoms with Gasteiger partial charge in [0.15, 0.2) is 0 Å². The summed E-state index contributed by atoms with van der Waals surface area (Å²) in [4.78, 5) is 10.9. The molecule has 0 radical (unpaired) electrons. The summed E-state index contributed by atoms with van der Waals surface area (Å²) in [5.74, 6) is 1.71. The number of hydrogen-bond donors (Lipinski definition) is 1. The van der Waals surface area contributed by atoms with E-state index in [0.29, 0.717) is 29.4 Å². The van der Waals surface area contributed by atoms with Crippen LogP contribution in [-0.4, -0.2) is 32.5 Å². The van der Waals surface area contributed by atoms with E-state index in [-0.39, 0.29) is 6.04 Å². The lowest BCUT2D eigenvalue weighted by Gasteiger charge is -2.21. The Bertz CT molecular complexity index is 1260. The van der Waals surface area contributed by atoms with E-state index >= 15 is 0 Å². The maximum Gasteiger partial charge on any atom is 0.146 e. The molecular formula is C27H32FN5O. The number of alkyl halides is 1. The number of rotatable bonds is 9. The minimum atomic E-state index is -0.576. The molecule has 4 aromatic rings. The Kier molecular flexibility index (Phi) is 7.12. The number of halogens is 1. The predicted molar refractivity (Wildman–Crippen MR) is 136 cm³/mol. The molecule has 2 aromatic carbocycles. The summed E-state index contributed by atoms with van der Waals surface area (Å²) < 4.78 is 22.1. The highest BCUT2D eigenvalue weighted by molar-refractivity contribution is 6.00. The average molecular weight is 462 g/mol. The summed E-state index contributed by atoms with van der Waals surface area (Å²) >= 11 is 0. The molecule has 0 fully saturated rings. The van der Waals surface area contributed by atoms with E-state index in [4.69, 9.17) is 10.5 Å². The van der Waals surface area contributed by atoms with Gasteiger partial charge in [0.1, 0.15) is 36.0 Å². The minimum Gasteiger partial charge on any atom is -0.457 e. The lowest BCUT2D eigenvalue weighted by molar-refractivity contribution is 0.291. The van der Waals surface area contributed by atoms with Crippen LogP contribution in [0.4, 0.5) is 10.2 Å². The third kappa shape index (κ3) is 4.61. The summed E-state index contributed by atoms with van der Waals surface area (Å²) in [5.41, 5.74) is 10.5. The SMILES string of the molecule is CCN(CC)Cc1cccc(CF)c1Oc1ccc(-c2cn(C(C)C)c3ncnc(N)c23)cc1. The van der Waals surface area contributed by atoms with Crippen molar-refractivity contribution in [2.24, 2.45) is 0 Å². The Morgan fingerprint density at radius 2 is 1.74 bits per heavy atom. The number of nitrogen functional groups attached to an aromatic ring is 1. The molecule has 0 spiro atoms. The highest BCUT2D eigenvalue weighted by Crippen LogP contribution is 2.36. The van der Waals surface area contributed by atoms with Crippen LogP contribution in [0.1, 0.15) is 44.9 Å². The Morgan fingerprint density at radius 1 is 1.03 bits per heavy atom. The van der Waals surface area contributed by atoms with E-state index in [1.807, 2.05) is 36.4 Å². The smallest absolute Gasteiger partial charge is 0.146 e. The first kappa shape index (κ1) is 23.7. The number of fused-ring (bicyclic) bond motifs is 1. The molecule has 2 aromatic heterocycles. The van der Waals surface area contributed by atoms with E-state index in [9.17, 15) is 4.39 Å². The van der Waals surface area contributed by atoms with Gasteiger partial charge in [0, 0.05) is 35.5 Å². The average Bonchev–Trinajstić information content (AvgIpc) is 3.25. The number of nitrogens with zero attached hydrogens (tertiary/aromatic N) is 4. The van der Waals surface area contributed by atoms with Crippen LogP contribution in [0.25, 0.3) is 22.2 Å². The Balaban J connectivity index is 1.68. The van der Waals surface area contributed by atoms with Crippen LogP contribution < -0.4 is 10.5 Å². The molecule has 6 nitrogen and oxygen atoms in total. The van der Waals surface area contributed by atoms with Crippen LogP contribution >= 0.6 is 0 Å². The molecule has 0 atom stereocenters. The second-order valence-corrected chi connectivity index (χ2v) is 8.63. The van der Waals surface area contributed by atoms with Gasteiger partial charge in [-0.05, 0) is 44.6 Å². The lowest BCUT2D eigenvalue weighted by atomic mass is 10.1. The van der Waals surface area contributed by atoms with E-state index in [1.54, 1.807) is 6.07 Å². The fourth-order valence-electron chi connectivity index (χ4n) is 4.23. The van der Waals surface area contributed by atoms with Crippen molar-refractivity contribution >= 4 is 16.9 Å². The summed E-state index contributed by atoms with van der Waals surface area (Å²) in [5, 5.41) is 0.842. The van der Waals surface area contributed by atoms with Crippen molar-refractivity contribution in [2.75, 3.05) is 18.8 Å². The van der Waals surface area contributed by atoms with Crippen LogP contribution in [0.3, 0.4) is 0 Å². The number of ether oxygens (including phenoxy) is 1. The zero-order chi connectivity index (χ0) is 24.2. The first-order chi connectivity index (χ1) is 16.5. The van der Waals surface area contributed by atoms with Crippen molar-refractivity contribution in [3.05, 3.63) is 66.1 Å². The van der Waals surface area contributed by atoms with E-state index < -0.39 is 6.67 Å². The third-order valence-electron chi connectivity index (χ3n) is 6.19. The number of nitrogens with two attached hydrogens (primary N) is 1. The van der Waals surface area contributed by atoms with Gasteiger partial charge in [-0.2, -0.15) is 0 Å². The Labute approximate surface area is 200 Å². The zero-order valence-corrected chi connectivity index (χ0v) is 20.3. The van der Waals surface area contributed by atoms with Crippen molar-refractivity contribution < 1.29 is 9.13 Å². The molecule has 0 amide bonds. The molecule has 2 heterocycles. The monoisotopic (exact) mass is 461 g/mol. The van der Waals surface area contributed by atoms with Crippen molar-refractivity contribution in [2.45, 2.75) is 47.0 Å². The number of para-hydroxylation sites is 1. The maximum atomic E-state index is 13.8. The zero-order valence-electron chi connectivity index (χ0n) is 20.3. The van der Waals surface area contributed by atoms with Crippen LogP contribution in [0.5, 0.6) is 11.5 Å². The molecule has 0 aliphatic rings. The van der Waals surface area contributed by atoms with Gasteiger partial charge in [-0.1, -0.05) is 44.2 Å². The summed E-state index contributed by atoms with van der Waals surface area (Å²) in [6, 6.07) is 13.7. The quantitative estimate of drug-likeness (QED) is 0.314. The maximum absolute atomic E-state index is 13.8. The number of benzene rings is 2. The molecule has 2 N–H and O–H groups in total. The topological polar surface area (TPSA) is 69.2 Å². The fraction of sp³-hybridized carbons (Fsp3) is 0.333. The molecule has 0 aliphatic heterocycles. The molecule has 0 saturated carbocycles. The van der Waals surface area contributed by atoms with E-state index in [0.717, 1.165) is 40.8 Å². The highest BCUT2D eigenvalue weighted by Gasteiger charge is 2.17. The van der Waals surface area contributed by atoms with Crippen molar-refractivity contribution in [3.8, 4) is 22.6 Å². The molecule has 0 unspecified atom stereocenters. The molecular weight excluding hydrogens is 429 g/mol. The Hall–Kier alpha value is -3.45. The van der Waals surface area contributed by atoms with E-state index in [2.05, 4.69) is 53.3 Å². The number of anilines is 1. The predicted octanol–water partition coefficient (Wildman–Crippen LogP) is 6.37. The van der Waals surface area contributed by atoms with Crippen molar-refractivity contribution in [3.63, 3.8) is 0 Å². The lowest BCUT2D eigenvalue weighted by Crippen LogP contribution is -2.22. The third-order valence-corrected chi connectivity index (χ3v) is 6.19. The fourth-order valence-corrected chi connectivity index (χ4v) is 4.23. The number of aromatic nitrogens is 3. The molecule has 7 heteroatoms. The normalized spacial score (nSPS) is 11.6. The van der Waals surface area contributed by atoms with Crippen molar-refractivity contribution in [1.82, 2.24) is 19.4 Å². The van der Waals surface area contributed by atoms with Gasteiger partial charge in [-0.15, -0.1) is 0 Å². The molecule has 0 saturated heterocycles. The highest BCUT2D eigenvalue weighted by atomic mass is 19.1. The molecule has 4 rings (SSSR count). The van der Waals surface area contributed by atoms with Gasteiger partial charge in [0.05, 0.1) is 5.39 Å². The van der Waals surface area contributed by atoms with Crippen LogP contribution in [-0.2, 0) is 13.2 Å². The molecule has 0 bridgehead atoms. The van der Waals surface area contributed by atoms with Gasteiger partial charge in [0.25, 0.3) is 0 Å². The van der Waals surface area contributed by atoms with Gasteiger partial charge in [0.2, 0.25) is 0 Å². The first-order valence-electron chi connectivity index (χ1n) is 11.7. The number of hydrogen-bond acceptors (Lipinski definition) is 5. The second-order valence-electron chi connectivity index (χ2n) is 8.63. The van der Waals surface area contributed by atoms with E-state index in [1.165, 1.54) is 6.33 Å². The van der Waals surface area contributed by atoms with Crippen LogP contribution in [0.15, 0.2) is 55.0 Å². The van der Waals surface area contributed by atoms with Gasteiger partial charge in [-0.3, -0.25) is 4.90 Å². The van der Waals surface area contributed by atoms with Gasteiger partial charge < -0.3 is 15.0 Å².